The number of nitrogens with zero attached hydrogens (tertiary/aromatic N) is 3. The number of nitro benzene ring substituents is 1. The first-order chi connectivity index (χ1) is 12.4. The van der Waals surface area contributed by atoms with Crippen molar-refractivity contribution in [3.63, 3.8) is 0 Å². The number of nitro groups is 1. The molecule has 0 saturated heterocycles. The number of carbonyl (C=O) groups is 1. The molecule has 2 heterocycles. The monoisotopic (exact) mass is 373 g/mol. The van der Waals surface area contributed by atoms with Gasteiger partial charge in [-0.2, -0.15) is 10.4 Å². The first-order valence-electron chi connectivity index (χ1n) is 7.12. The van der Waals surface area contributed by atoms with Crippen LogP contribution < -0.4 is 20.6 Å². The quantitative estimate of drug-likeness (QED) is 0.471. The Morgan fingerprint density at radius 2 is 2.19 bits per heavy atom. The van der Waals surface area contributed by atoms with Crippen LogP contribution in [0.25, 0.3) is 0 Å². The zero-order chi connectivity index (χ0) is 18.8. The molecule has 1 aromatic heterocycles. The second kappa shape index (κ2) is 6.69. The molecule has 3 rings (SSSR count). The van der Waals surface area contributed by atoms with Crippen molar-refractivity contribution < 1.29 is 19.2 Å². The third-order valence-corrected chi connectivity index (χ3v) is 4.70. The molecule has 0 fully saturated rings. The minimum absolute atomic E-state index is 0.0237. The molecule has 1 aromatic carbocycles. The van der Waals surface area contributed by atoms with Gasteiger partial charge in [0, 0.05) is 0 Å². The maximum atomic E-state index is 12.2. The Labute approximate surface area is 150 Å². The maximum absolute atomic E-state index is 12.2. The summed E-state index contributed by atoms with van der Waals surface area (Å²) in [6.45, 7) is 1.58. The topological polar surface area (TPSA) is 153 Å². The Kier molecular flexibility index (Phi) is 4.42. The van der Waals surface area contributed by atoms with Gasteiger partial charge >= 0.3 is 0 Å². The van der Waals surface area contributed by atoms with E-state index in [2.05, 4.69) is 10.5 Å². The molecule has 0 radical (unpaired) electrons. The fourth-order valence-corrected chi connectivity index (χ4v) is 3.23. The van der Waals surface area contributed by atoms with Crippen LogP contribution in [0.1, 0.15) is 26.4 Å². The van der Waals surface area contributed by atoms with Gasteiger partial charge in [0.2, 0.25) is 6.79 Å². The number of nitriles is 1. The number of amides is 1. The van der Waals surface area contributed by atoms with E-state index < -0.39 is 10.8 Å². The highest BCUT2D eigenvalue weighted by Gasteiger charge is 2.23. The van der Waals surface area contributed by atoms with Crippen molar-refractivity contribution in [1.82, 2.24) is 5.43 Å². The number of hydrogen-bond acceptors (Lipinski definition) is 9. The van der Waals surface area contributed by atoms with Crippen molar-refractivity contribution in [1.29, 1.82) is 5.26 Å². The van der Waals surface area contributed by atoms with E-state index in [4.69, 9.17) is 20.5 Å². The molecule has 0 spiro atoms. The molecule has 0 unspecified atom stereocenters. The predicted octanol–water partition coefficient (Wildman–Crippen LogP) is 1.91. The maximum Gasteiger partial charge on any atom is 0.282 e. The third-order valence-electron chi connectivity index (χ3n) is 3.58. The summed E-state index contributed by atoms with van der Waals surface area (Å²) in [6, 6.07) is 4.56. The van der Waals surface area contributed by atoms with Crippen LogP contribution in [0.5, 0.6) is 11.5 Å². The summed E-state index contributed by atoms with van der Waals surface area (Å²) >= 11 is 0.969. The van der Waals surface area contributed by atoms with Gasteiger partial charge < -0.3 is 15.2 Å². The zero-order valence-electron chi connectivity index (χ0n) is 13.3. The highest BCUT2D eigenvalue weighted by Crippen LogP contribution is 2.37. The van der Waals surface area contributed by atoms with Crippen molar-refractivity contribution >= 4 is 34.1 Å². The van der Waals surface area contributed by atoms with E-state index in [0.717, 1.165) is 17.6 Å². The Morgan fingerprint density at radius 3 is 2.81 bits per heavy atom. The van der Waals surface area contributed by atoms with E-state index in [-0.39, 0.29) is 39.2 Å². The highest BCUT2D eigenvalue weighted by molar-refractivity contribution is 7.18. The molecule has 0 aliphatic carbocycles. The Morgan fingerprint density at radius 1 is 1.50 bits per heavy atom. The summed E-state index contributed by atoms with van der Waals surface area (Å²) in [5.74, 6) is 0.0517. The number of rotatable bonds is 4. The van der Waals surface area contributed by atoms with Crippen molar-refractivity contribution in [2.75, 3.05) is 12.5 Å². The normalized spacial score (nSPS) is 12.2. The molecule has 0 atom stereocenters. The summed E-state index contributed by atoms with van der Waals surface area (Å²) < 4.78 is 10.3. The molecule has 3 N–H and O–H groups in total. The van der Waals surface area contributed by atoms with Gasteiger partial charge in [0.25, 0.3) is 11.6 Å². The average Bonchev–Trinajstić information content (AvgIpc) is 3.17. The van der Waals surface area contributed by atoms with Crippen LogP contribution in [-0.4, -0.2) is 23.8 Å². The zero-order valence-corrected chi connectivity index (χ0v) is 14.1. The lowest BCUT2D eigenvalue weighted by Gasteiger charge is -2.01. The second-order valence-corrected chi connectivity index (χ2v) is 6.18. The third kappa shape index (κ3) is 3.01. The predicted molar refractivity (Wildman–Crippen MR) is 92.5 cm³/mol. The van der Waals surface area contributed by atoms with E-state index in [0.29, 0.717) is 11.3 Å². The molecule has 0 bridgehead atoms. The van der Waals surface area contributed by atoms with E-state index in [9.17, 15) is 14.9 Å². The molecule has 2 aromatic rings. The number of benzene rings is 1. The van der Waals surface area contributed by atoms with Crippen LogP contribution in [0, 0.1) is 28.4 Å². The number of hydrogen-bond donors (Lipinski definition) is 2. The van der Waals surface area contributed by atoms with E-state index >= 15 is 0 Å². The number of anilines is 1. The summed E-state index contributed by atoms with van der Waals surface area (Å²) in [5.41, 5.74) is 8.56. The summed E-state index contributed by atoms with van der Waals surface area (Å²) in [7, 11) is 0. The molecule has 132 valence electrons. The molecule has 1 aliphatic heterocycles. The van der Waals surface area contributed by atoms with Gasteiger partial charge in [-0.05, 0) is 18.6 Å². The van der Waals surface area contributed by atoms with Gasteiger partial charge in [-0.3, -0.25) is 14.9 Å². The molecule has 26 heavy (non-hydrogen) atoms. The number of thiophene rings is 1. The van der Waals surface area contributed by atoms with Crippen molar-refractivity contribution in [3.8, 4) is 17.6 Å². The highest BCUT2D eigenvalue weighted by atomic mass is 32.1. The summed E-state index contributed by atoms with van der Waals surface area (Å²) in [4.78, 5) is 23.0. The van der Waals surface area contributed by atoms with E-state index in [1.165, 1.54) is 12.1 Å². The number of hydrazone groups is 1. The molecule has 10 nitrogen and oxygen atoms in total. The number of fused-ring (bicyclic) bond motifs is 1. The minimum Gasteiger partial charge on any atom is -0.454 e. The fourth-order valence-electron chi connectivity index (χ4n) is 2.31. The Bertz CT molecular complexity index is 991. The first-order valence-corrected chi connectivity index (χ1v) is 7.94. The van der Waals surface area contributed by atoms with Crippen LogP contribution in [0.4, 0.5) is 10.7 Å². The minimum atomic E-state index is -0.589. The average molecular weight is 373 g/mol. The molecule has 1 aliphatic rings. The van der Waals surface area contributed by atoms with Gasteiger partial charge in [0.05, 0.1) is 28.3 Å². The largest absolute Gasteiger partial charge is 0.454 e. The van der Waals surface area contributed by atoms with Gasteiger partial charge in [-0.1, -0.05) is 0 Å². The molecule has 11 heteroatoms. The van der Waals surface area contributed by atoms with E-state index in [1.54, 1.807) is 6.92 Å². The standard InChI is InChI=1S/C15H11N5O5S/c1-7-9(4-16)14(17)26-13(7)15(21)19-18-5-8-2-11-12(25-6-24-11)3-10(8)20(22)23/h2-3,5H,6,17H2,1H3,(H,19,21). The van der Waals surface area contributed by atoms with Gasteiger partial charge in [-0.15, -0.1) is 11.3 Å². The summed E-state index contributed by atoms with van der Waals surface area (Å²) in [5, 5.41) is 24.2. The van der Waals surface area contributed by atoms with E-state index in [1.807, 2.05) is 6.07 Å². The number of ether oxygens (including phenoxy) is 2. The SMILES string of the molecule is Cc1c(C(=O)NN=Cc2cc3c(cc2[N+](=O)[O-])OCO3)sc(N)c1C#N. The molecular formula is C15H11N5O5S. The van der Waals surface area contributed by atoms with Crippen LogP contribution in [0.3, 0.4) is 0 Å². The van der Waals surface area contributed by atoms with Crippen molar-refractivity contribution in [3.05, 3.63) is 43.8 Å². The lowest BCUT2D eigenvalue weighted by Crippen LogP contribution is -2.17. The molecule has 1 amide bonds. The van der Waals surface area contributed by atoms with Gasteiger partial charge in [0.15, 0.2) is 11.5 Å². The fraction of sp³-hybridized carbons (Fsp3) is 0.133. The smallest absolute Gasteiger partial charge is 0.282 e. The first kappa shape index (κ1) is 17.2. The lowest BCUT2D eigenvalue weighted by atomic mass is 10.1. The van der Waals surface area contributed by atoms with Gasteiger partial charge in [-0.25, -0.2) is 5.43 Å². The number of nitrogens with two attached hydrogens (primary N) is 1. The summed E-state index contributed by atoms with van der Waals surface area (Å²) in [6.07, 6.45) is 1.13. The molecular weight excluding hydrogens is 362 g/mol. The lowest BCUT2D eigenvalue weighted by molar-refractivity contribution is -0.385. The van der Waals surface area contributed by atoms with Crippen LogP contribution in [0.2, 0.25) is 0 Å². The van der Waals surface area contributed by atoms with Gasteiger partial charge in [0.1, 0.15) is 15.9 Å². The number of nitrogens with one attached hydrogen (secondary N) is 1. The Hall–Kier alpha value is -3.65. The van der Waals surface area contributed by atoms with Crippen molar-refractivity contribution in [2.45, 2.75) is 6.92 Å². The van der Waals surface area contributed by atoms with Crippen LogP contribution >= 0.6 is 11.3 Å². The second-order valence-electron chi connectivity index (χ2n) is 5.13. The van der Waals surface area contributed by atoms with Crippen LogP contribution in [-0.2, 0) is 0 Å². The Balaban J connectivity index is 1.82. The number of carbonyl (C=O) groups excluding carboxylic acids is 1. The number of nitrogen functional groups attached to an aromatic ring is 1. The van der Waals surface area contributed by atoms with Crippen molar-refractivity contribution in [2.24, 2.45) is 5.10 Å². The molecule has 0 saturated carbocycles. The van der Waals surface area contributed by atoms with Crippen LogP contribution in [0.15, 0.2) is 17.2 Å².